The Balaban J connectivity index is 2.33. The summed E-state index contributed by atoms with van der Waals surface area (Å²) in [6.45, 7) is 0.498. The van der Waals surface area contributed by atoms with Crippen molar-refractivity contribution < 1.29 is 8.42 Å². The Hall–Kier alpha value is -0.920. The van der Waals surface area contributed by atoms with Crippen molar-refractivity contribution >= 4 is 10.0 Å². The summed E-state index contributed by atoms with van der Waals surface area (Å²) in [5.74, 6) is -0.0325. The highest BCUT2D eigenvalue weighted by Crippen LogP contribution is 1.94. The van der Waals surface area contributed by atoms with Crippen molar-refractivity contribution in [3.63, 3.8) is 0 Å². The predicted octanol–water partition coefficient (Wildman–Crippen LogP) is -1.16. The van der Waals surface area contributed by atoms with E-state index in [0.717, 1.165) is 5.69 Å². The molecule has 0 radical (unpaired) electrons. The molecule has 0 amide bonds. The van der Waals surface area contributed by atoms with Crippen molar-refractivity contribution in [3.8, 4) is 0 Å². The standard InChI is InChI=1S/C8H16N4O2S/c1-12-6-3-8(11-12)2-5-10-15(13,14)7-4-9/h3,6,10H,2,4-5,7,9H2,1H3. The molecule has 0 unspecified atom stereocenters. The van der Waals surface area contributed by atoms with Gasteiger partial charge in [-0.3, -0.25) is 4.68 Å². The number of hydrogen-bond acceptors (Lipinski definition) is 4. The number of hydrogen-bond donors (Lipinski definition) is 2. The molecule has 1 rings (SSSR count). The van der Waals surface area contributed by atoms with E-state index in [1.807, 2.05) is 19.3 Å². The molecular weight excluding hydrogens is 216 g/mol. The molecule has 6 nitrogen and oxygen atoms in total. The minimum absolute atomic E-state index is 0.0325. The highest BCUT2D eigenvalue weighted by molar-refractivity contribution is 7.89. The van der Waals surface area contributed by atoms with E-state index in [1.165, 1.54) is 0 Å². The molecule has 0 aliphatic carbocycles. The summed E-state index contributed by atoms with van der Waals surface area (Å²) in [4.78, 5) is 0. The normalized spacial score (nSPS) is 11.9. The third-order valence-electron chi connectivity index (χ3n) is 1.86. The van der Waals surface area contributed by atoms with Crippen molar-refractivity contribution in [2.24, 2.45) is 12.8 Å². The zero-order valence-electron chi connectivity index (χ0n) is 8.68. The summed E-state index contributed by atoms with van der Waals surface area (Å²) >= 11 is 0. The molecular formula is C8H16N4O2S. The molecule has 1 aromatic heterocycles. The lowest BCUT2D eigenvalue weighted by atomic mass is 10.3. The summed E-state index contributed by atoms with van der Waals surface area (Å²) in [6, 6.07) is 1.86. The van der Waals surface area contributed by atoms with E-state index in [-0.39, 0.29) is 12.3 Å². The van der Waals surface area contributed by atoms with Gasteiger partial charge in [-0.15, -0.1) is 0 Å². The fraction of sp³-hybridized carbons (Fsp3) is 0.625. The maximum Gasteiger partial charge on any atom is 0.212 e. The highest BCUT2D eigenvalue weighted by atomic mass is 32.2. The molecule has 7 heteroatoms. The Kier molecular flexibility index (Phi) is 4.25. The van der Waals surface area contributed by atoms with Crippen LogP contribution < -0.4 is 10.5 Å². The Bertz CT molecular complexity index is 399. The summed E-state index contributed by atoms with van der Waals surface area (Å²) in [6.07, 6.45) is 2.41. The topological polar surface area (TPSA) is 90.0 Å². The monoisotopic (exact) mass is 232 g/mol. The fourth-order valence-corrected chi connectivity index (χ4v) is 2.03. The smallest absolute Gasteiger partial charge is 0.212 e. The number of nitrogens with zero attached hydrogens (tertiary/aromatic N) is 2. The van der Waals surface area contributed by atoms with Crippen LogP contribution >= 0.6 is 0 Å². The first kappa shape index (κ1) is 12.2. The number of nitrogens with one attached hydrogen (secondary N) is 1. The zero-order chi connectivity index (χ0) is 11.3. The van der Waals surface area contributed by atoms with Gasteiger partial charge >= 0.3 is 0 Å². The largest absolute Gasteiger partial charge is 0.329 e. The molecule has 1 heterocycles. The third-order valence-corrected chi connectivity index (χ3v) is 3.28. The molecule has 0 atom stereocenters. The molecule has 0 aliphatic rings. The van der Waals surface area contributed by atoms with E-state index < -0.39 is 10.0 Å². The van der Waals surface area contributed by atoms with E-state index in [4.69, 9.17) is 5.73 Å². The Labute approximate surface area is 89.5 Å². The lowest BCUT2D eigenvalue weighted by Gasteiger charge is -2.03. The van der Waals surface area contributed by atoms with Crippen LogP contribution in [0.2, 0.25) is 0 Å². The molecule has 0 aliphatic heterocycles. The highest BCUT2D eigenvalue weighted by Gasteiger charge is 2.07. The molecule has 86 valence electrons. The van der Waals surface area contributed by atoms with Crippen LogP contribution in [0.4, 0.5) is 0 Å². The van der Waals surface area contributed by atoms with Gasteiger partial charge in [0.05, 0.1) is 11.4 Å². The Morgan fingerprint density at radius 2 is 2.33 bits per heavy atom. The van der Waals surface area contributed by atoms with Crippen LogP contribution in [0.25, 0.3) is 0 Å². The summed E-state index contributed by atoms with van der Waals surface area (Å²) < 4.78 is 26.6. The third kappa shape index (κ3) is 4.41. The number of sulfonamides is 1. The lowest BCUT2D eigenvalue weighted by Crippen LogP contribution is -2.31. The van der Waals surface area contributed by atoms with Gasteiger partial charge in [0, 0.05) is 32.8 Å². The molecule has 0 spiro atoms. The second kappa shape index (κ2) is 5.24. The van der Waals surface area contributed by atoms with E-state index >= 15 is 0 Å². The molecule has 1 aromatic rings. The molecule has 0 saturated heterocycles. The molecule has 0 saturated carbocycles. The van der Waals surface area contributed by atoms with Gasteiger partial charge in [0.25, 0.3) is 0 Å². The summed E-state index contributed by atoms with van der Waals surface area (Å²) in [7, 11) is -1.38. The van der Waals surface area contributed by atoms with Crippen LogP contribution in [0.15, 0.2) is 12.3 Å². The number of rotatable bonds is 6. The lowest BCUT2D eigenvalue weighted by molar-refractivity contribution is 0.581. The Morgan fingerprint density at radius 1 is 1.60 bits per heavy atom. The van der Waals surface area contributed by atoms with Crippen LogP contribution in [0.1, 0.15) is 5.69 Å². The fourth-order valence-electron chi connectivity index (χ4n) is 1.16. The average Bonchev–Trinajstić information content (AvgIpc) is 2.51. The first-order valence-electron chi connectivity index (χ1n) is 4.69. The van der Waals surface area contributed by atoms with Gasteiger partial charge in [0.2, 0.25) is 10.0 Å². The Morgan fingerprint density at radius 3 is 2.87 bits per heavy atom. The average molecular weight is 232 g/mol. The SMILES string of the molecule is Cn1ccc(CCNS(=O)(=O)CCN)n1. The van der Waals surface area contributed by atoms with Crippen LogP contribution in [0.5, 0.6) is 0 Å². The zero-order valence-corrected chi connectivity index (χ0v) is 9.50. The second-order valence-electron chi connectivity index (χ2n) is 3.23. The minimum atomic E-state index is -3.20. The number of aromatic nitrogens is 2. The minimum Gasteiger partial charge on any atom is -0.329 e. The van der Waals surface area contributed by atoms with Gasteiger partial charge in [0.15, 0.2) is 0 Å². The van der Waals surface area contributed by atoms with E-state index in [1.54, 1.807) is 4.68 Å². The van der Waals surface area contributed by atoms with Crippen molar-refractivity contribution in [2.75, 3.05) is 18.8 Å². The summed E-state index contributed by atoms with van der Waals surface area (Å²) in [5, 5.41) is 4.13. The van der Waals surface area contributed by atoms with Crippen LogP contribution in [0, 0.1) is 0 Å². The van der Waals surface area contributed by atoms with E-state index in [9.17, 15) is 8.42 Å². The second-order valence-corrected chi connectivity index (χ2v) is 5.16. The van der Waals surface area contributed by atoms with Gasteiger partial charge in [0.1, 0.15) is 0 Å². The maximum absolute atomic E-state index is 11.2. The van der Waals surface area contributed by atoms with Gasteiger partial charge in [-0.05, 0) is 6.07 Å². The quantitative estimate of drug-likeness (QED) is 0.647. The molecule has 0 bridgehead atoms. The molecule has 15 heavy (non-hydrogen) atoms. The number of nitrogens with two attached hydrogens (primary N) is 1. The van der Waals surface area contributed by atoms with Crippen LogP contribution in [-0.4, -0.2) is 37.0 Å². The van der Waals surface area contributed by atoms with E-state index in [2.05, 4.69) is 9.82 Å². The van der Waals surface area contributed by atoms with Gasteiger partial charge in [-0.1, -0.05) is 0 Å². The van der Waals surface area contributed by atoms with Crippen molar-refractivity contribution in [1.29, 1.82) is 0 Å². The van der Waals surface area contributed by atoms with Gasteiger partial charge in [-0.2, -0.15) is 5.10 Å². The molecule has 3 N–H and O–H groups in total. The van der Waals surface area contributed by atoms with Gasteiger partial charge < -0.3 is 5.73 Å². The predicted molar refractivity (Wildman–Crippen MR) is 57.8 cm³/mol. The van der Waals surface area contributed by atoms with Crippen LogP contribution in [0.3, 0.4) is 0 Å². The van der Waals surface area contributed by atoms with Crippen molar-refractivity contribution in [2.45, 2.75) is 6.42 Å². The van der Waals surface area contributed by atoms with Gasteiger partial charge in [-0.25, -0.2) is 13.1 Å². The first-order valence-corrected chi connectivity index (χ1v) is 6.34. The summed E-state index contributed by atoms with van der Waals surface area (Å²) in [5.41, 5.74) is 6.03. The van der Waals surface area contributed by atoms with Crippen molar-refractivity contribution in [1.82, 2.24) is 14.5 Å². The van der Waals surface area contributed by atoms with Crippen molar-refractivity contribution in [3.05, 3.63) is 18.0 Å². The molecule has 0 fully saturated rings. The maximum atomic E-state index is 11.2. The van der Waals surface area contributed by atoms with E-state index in [0.29, 0.717) is 13.0 Å². The number of aryl methyl sites for hydroxylation is 1. The van der Waals surface area contributed by atoms with Crippen LogP contribution in [-0.2, 0) is 23.5 Å². The first-order chi connectivity index (χ1) is 7.03. The molecule has 0 aromatic carbocycles.